The summed E-state index contributed by atoms with van der Waals surface area (Å²) < 4.78 is 32.8. The molecule has 1 atom stereocenters. The van der Waals surface area contributed by atoms with Crippen LogP contribution in [0.1, 0.15) is 29.8 Å². The number of benzene rings is 2. The van der Waals surface area contributed by atoms with Crippen molar-refractivity contribution in [3.05, 3.63) is 53.3 Å². The van der Waals surface area contributed by atoms with E-state index in [9.17, 15) is 13.2 Å². The Morgan fingerprint density at radius 1 is 1.14 bits per heavy atom. The van der Waals surface area contributed by atoms with E-state index in [4.69, 9.17) is 4.74 Å². The molecule has 0 saturated carbocycles. The number of amides is 1. The van der Waals surface area contributed by atoms with E-state index in [-0.39, 0.29) is 0 Å². The van der Waals surface area contributed by atoms with Crippen LogP contribution in [0.15, 0.2) is 36.4 Å². The summed E-state index contributed by atoms with van der Waals surface area (Å²) in [6, 6.07) is 11.3. The highest BCUT2D eigenvalue weighted by atomic mass is 32.2. The summed E-state index contributed by atoms with van der Waals surface area (Å²) in [5.41, 5.74) is 2.15. The highest BCUT2D eigenvalue weighted by Crippen LogP contribution is 2.31. The molecular weight excluding hydrogens is 390 g/mol. The Kier molecular flexibility index (Phi) is 5.40. The minimum absolute atomic E-state index is 0.317. The Labute approximate surface area is 170 Å². The summed E-state index contributed by atoms with van der Waals surface area (Å²) in [6.07, 6.45) is 1.04. The Morgan fingerprint density at radius 2 is 1.76 bits per heavy atom. The fraction of sp³-hybridized carbons (Fsp3) is 0.333. The second kappa shape index (κ2) is 7.51. The van der Waals surface area contributed by atoms with Gasteiger partial charge in [0.1, 0.15) is 11.4 Å². The number of hydrogen-bond acceptors (Lipinski definition) is 5. The van der Waals surface area contributed by atoms with Crippen molar-refractivity contribution >= 4 is 32.4 Å². The maximum absolute atomic E-state index is 13.3. The topological polar surface area (TPSA) is 81.5 Å². The van der Waals surface area contributed by atoms with Gasteiger partial charge in [0.2, 0.25) is 15.9 Å². The van der Waals surface area contributed by atoms with Crippen LogP contribution in [0.4, 0.5) is 5.69 Å². The lowest BCUT2D eigenvalue weighted by molar-refractivity contribution is -0.118. The normalized spacial score (nSPS) is 12.8. The summed E-state index contributed by atoms with van der Waals surface area (Å²) in [4.78, 5) is 13.3. The summed E-state index contributed by atoms with van der Waals surface area (Å²) >= 11 is 0. The van der Waals surface area contributed by atoms with E-state index in [0.717, 1.165) is 32.6 Å². The Bertz CT molecular complexity index is 1200. The molecule has 0 fully saturated rings. The molecule has 0 N–H and O–H groups in total. The van der Waals surface area contributed by atoms with Crippen LogP contribution in [0.5, 0.6) is 5.75 Å². The molecule has 0 unspecified atom stereocenters. The van der Waals surface area contributed by atoms with Crippen LogP contribution >= 0.6 is 0 Å². The van der Waals surface area contributed by atoms with Gasteiger partial charge in [-0.3, -0.25) is 9.48 Å². The molecule has 2 aromatic carbocycles. The third-order valence-corrected chi connectivity index (χ3v) is 6.17. The molecule has 0 spiro atoms. The number of sulfonamides is 1. The molecule has 0 saturated heterocycles. The molecule has 29 heavy (non-hydrogen) atoms. The molecule has 8 heteroatoms. The molecule has 7 nitrogen and oxygen atoms in total. The second-order valence-corrected chi connectivity index (χ2v) is 9.03. The van der Waals surface area contributed by atoms with E-state index in [1.165, 1.54) is 0 Å². The molecule has 0 aliphatic carbocycles. The van der Waals surface area contributed by atoms with Gasteiger partial charge in [0.15, 0.2) is 0 Å². The van der Waals surface area contributed by atoms with Gasteiger partial charge in [0.05, 0.1) is 30.7 Å². The molecule has 154 valence electrons. The first-order valence-electron chi connectivity index (χ1n) is 9.16. The van der Waals surface area contributed by atoms with Crippen molar-refractivity contribution in [2.75, 3.05) is 17.7 Å². The molecule has 1 aromatic heterocycles. The van der Waals surface area contributed by atoms with E-state index in [1.807, 2.05) is 36.4 Å². The molecule has 0 bridgehead atoms. The second-order valence-electron chi connectivity index (χ2n) is 7.20. The zero-order chi connectivity index (χ0) is 21.5. The summed E-state index contributed by atoms with van der Waals surface area (Å²) in [5, 5.41) is 6.19. The highest BCUT2D eigenvalue weighted by molar-refractivity contribution is 7.92. The van der Waals surface area contributed by atoms with Crippen LogP contribution < -0.4 is 9.04 Å². The van der Waals surface area contributed by atoms with Crippen LogP contribution in [0.2, 0.25) is 0 Å². The first-order valence-corrected chi connectivity index (χ1v) is 11.0. The number of rotatable bonds is 5. The summed E-state index contributed by atoms with van der Waals surface area (Å²) in [6.45, 7) is 5.16. The Morgan fingerprint density at radius 3 is 2.31 bits per heavy atom. The van der Waals surface area contributed by atoms with Crippen LogP contribution in [-0.2, 0) is 21.9 Å². The van der Waals surface area contributed by atoms with Gasteiger partial charge in [-0.2, -0.15) is 5.10 Å². The van der Waals surface area contributed by atoms with Gasteiger partial charge in [0.25, 0.3) is 0 Å². The van der Waals surface area contributed by atoms with Gasteiger partial charge in [-0.15, -0.1) is 0 Å². The maximum atomic E-state index is 13.3. The van der Waals surface area contributed by atoms with Gasteiger partial charge in [-0.25, -0.2) is 12.7 Å². The zero-order valence-corrected chi connectivity index (χ0v) is 18.2. The van der Waals surface area contributed by atoms with Gasteiger partial charge < -0.3 is 4.74 Å². The minimum atomic E-state index is -3.84. The van der Waals surface area contributed by atoms with E-state index in [2.05, 4.69) is 5.10 Å². The van der Waals surface area contributed by atoms with Crippen molar-refractivity contribution in [3.63, 3.8) is 0 Å². The number of hydrogen-bond donors (Lipinski definition) is 0. The average molecular weight is 416 g/mol. The molecule has 0 aliphatic rings. The van der Waals surface area contributed by atoms with Gasteiger partial charge in [0, 0.05) is 7.05 Å². The standard InChI is InChI=1S/C21H25N3O4S/c1-13(16-7-8-18-12-19(28-5)10-9-17(18)11-16)21(25)24(29(6,26)27)20-14(2)22-23(4)15(20)3/h7-13H,1-6H3/t13-/m0/s1. The lowest BCUT2D eigenvalue weighted by atomic mass is 9.97. The van der Waals surface area contributed by atoms with Crippen LogP contribution in [0.3, 0.4) is 0 Å². The lowest BCUT2D eigenvalue weighted by Gasteiger charge is -2.24. The molecule has 1 amide bonds. The number of ether oxygens (including phenoxy) is 1. The predicted molar refractivity (Wildman–Crippen MR) is 114 cm³/mol. The SMILES string of the molecule is COc1ccc2cc([C@H](C)C(=O)N(c3c(C)nn(C)c3C)S(C)(=O)=O)ccc2c1. The molecule has 0 radical (unpaired) electrons. The van der Waals surface area contributed by atoms with Crippen molar-refractivity contribution in [1.82, 2.24) is 9.78 Å². The third-order valence-electron chi connectivity index (χ3n) is 5.15. The Hall–Kier alpha value is -2.87. The highest BCUT2D eigenvalue weighted by Gasteiger charge is 2.34. The molecule has 0 aliphatic heterocycles. The van der Waals surface area contributed by atoms with Crippen molar-refractivity contribution in [3.8, 4) is 5.75 Å². The van der Waals surface area contributed by atoms with E-state index < -0.39 is 21.8 Å². The number of carbonyl (C=O) groups excluding carboxylic acids is 1. The van der Waals surface area contributed by atoms with Crippen molar-refractivity contribution < 1.29 is 17.9 Å². The van der Waals surface area contributed by atoms with Crippen molar-refractivity contribution in [2.24, 2.45) is 7.05 Å². The fourth-order valence-corrected chi connectivity index (χ4v) is 4.53. The van der Waals surface area contributed by atoms with E-state index in [1.54, 1.807) is 39.6 Å². The minimum Gasteiger partial charge on any atom is -0.497 e. The van der Waals surface area contributed by atoms with Gasteiger partial charge >= 0.3 is 0 Å². The van der Waals surface area contributed by atoms with Crippen molar-refractivity contribution in [2.45, 2.75) is 26.7 Å². The number of aromatic nitrogens is 2. The first-order chi connectivity index (χ1) is 13.5. The van der Waals surface area contributed by atoms with E-state index >= 15 is 0 Å². The average Bonchev–Trinajstić information content (AvgIpc) is 2.91. The quantitative estimate of drug-likeness (QED) is 0.639. The number of nitrogens with zero attached hydrogens (tertiary/aromatic N) is 3. The van der Waals surface area contributed by atoms with Gasteiger partial charge in [-0.05, 0) is 49.2 Å². The molecule has 3 rings (SSSR count). The maximum Gasteiger partial charge on any atom is 0.248 e. The fourth-order valence-electron chi connectivity index (χ4n) is 3.45. The number of carbonyl (C=O) groups is 1. The van der Waals surface area contributed by atoms with Crippen LogP contribution in [-0.4, -0.2) is 37.5 Å². The number of anilines is 1. The summed E-state index contributed by atoms with van der Waals surface area (Å²) in [7, 11) is -0.510. The zero-order valence-electron chi connectivity index (χ0n) is 17.4. The molecule has 1 heterocycles. The predicted octanol–water partition coefficient (Wildman–Crippen LogP) is 3.30. The number of fused-ring (bicyclic) bond motifs is 1. The Balaban J connectivity index is 2.05. The largest absolute Gasteiger partial charge is 0.497 e. The smallest absolute Gasteiger partial charge is 0.248 e. The van der Waals surface area contributed by atoms with Crippen LogP contribution in [0, 0.1) is 13.8 Å². The molecule has 3 aromatic rings. The first kappa shape index (κ1) is 20.9. The number of aryl methyl sites for hydroxylation is 2. The third kappa shape index (κ3) is 3.85. The summed E-state index contributed by atoms with van der Waals surface area (Å²) in [5.74, 6) is -0.421. The van der Waals surface area contributed by atoms with E-state index in [0.29, 0.717) is 17.1 Å². The van der Waals surface area contributed by atoms with Crippen molar-refractivity contribution in [1.29, 1.82) is 0 Å². The van der Waals surface area contributed by atoms with Gasteiger partial charge in [-0.1, -0.05) is 24.3 Å². The molecular formula is C21H25N3O4S. The van der Waals surface area contributed by atoms with Crippen LogP contribution in [0.25, 0.3) is 10.8 Å². The monoisotopic (exact) mass is 415 g/mol. The number of methoxy groups -OCH3 is 1. The lowest BCUT2D eigenvalue weighted by Crippen LogP contribution is -2.39.